The molecule has 0 spiro atoms. The Morgan fingerprint density at radius 1 is 1.29 bits per heavy atom. The van der Waals surface area contributed by atoms with E-state index in [9.17, 15) is 4.79 Å². The summed E-state index contributed by atoms with van der Waals surface area (Å²) in [5.74, 6) is 1.96. The van der Waals surface area contributed by atoms with E-state index < -0.39 is 0 Å². The molecule has 2 heterocycles. The van der Waals surface area contributed by atoms with E-state index in [1.54, 1.807) is 24.4 Å². The van der Waals surface area contributed by atoms with Gasteiger partial charge in [-0.05, 0) is 50.6 Å². The first-order valence-corrected chi connectivity index (χ1v) is 9.65. The molecule has 156 valence electrons. The van der Waals surface area contributed by atoms with Gasteiger partial charge < -0.3 is 14.6 Å². The lowest BCUT2D eigenvalue weighted by molar-refractivity contribution is -0.132. The van der Waals surface area contributed by atoms with Crippen molar-refractivity contribution in [3.05, 3.63) is 40.3 Å². The fourth-order valence-corrected chi connectivity index (χ4v) is 3.79. The van der Waals surface area contributed by atoms with Crippen LogP contribution in [0.1, 0.15) is 25.2 Å². The minimum Gasteiger partial charge on any atom is -0.441 e. The van der Waals surface area contributed by atoms with E-state index in [0.29, 0.717) is 40.5 Å². The van der Waals surface area contributed by atoms with Crippen LogP contribution in [-0.2, 0) is 11.2 Å². The predicted octanol–water partition coefficient (Wildman–Crippen LogP) is 4.88. The first-order valence-electron chi connectivity index (χ1n) is 8.89. The second kappa shape index (κ2) is 11.9. The maximum atomic E-state index is 12.4. The van der Waals surface area contributed by atoms with Gasteiger partial charge in [-0.2, -0.15) is 0 Å². The molecule has 0 atom stereocenters. The van der Waals surface area contributed by atoms with Gasteiger partial charge in [-0.15, -0.1) is 24.8 Å². The molecule has 9 heteroatoms. The summed E-state index contributed by atoms with van der Waals surface area (Å²) >= 11 is 12.1. The molecule has 2 aromatic rings. The number of halogens is 4. The van der Waals surface area contributed by atoms with E-state index in [-0.39, 0.29) is 30.7 Å². The molecule has 0 unspecified atom stereocenters. The van der Waals surface area contributed by atoms with Gasteiger partial charge in [-0.1, -0.05) is 23.2 Å². The number of hydrogen-bond donors (Lipinski definition) is 1. The van der Waals surface area contributed by atoms with Crippen LogP contribution in [0.3, 0.4) is 0 Å². The highest BCUT2D eigenvalue weighted by Gasteiger charge is 2.22. The van der Waals surface area contributed by atoms with E-state index >= 15 is 0 Å². The zero-order valence-electron chi connectivity index (χ0n) is 15.6. The third-order valence-electron chi connectivity index (χ3n) is 4.76. The number of likely N-dealkylation sites (tertiary alicyclic amines) is 1. The van der Waals surface area contributed by atoms with Gasteiger partial charge in [0.15, 0.2) is 11.7 Å². The Hall–Kier alpha value is -0.980. The third kappa shape index (κ3) is 6.53. The van der Waals surface area contributed by atoms with Gasteiger partial charge in [0, 0.05) is 36.5 Å². The Morgan fingerprint density at radius 3 is 2.64 bits per heavy atom. The van der Waals surface area contributed by atoms with Crippen molar-refractivity contribution < 1.29 is 9.21 Å². The van der Waals surface area contributed by atoms with Crippen molar-refractivity contribution in [2.45, 2.75) is 25.7 Å². The van der Waals surface area contributed by atoms with Crippen molar-refractivity contribution in [3.8, 4) is 11.3 Å². The number of aromatic nitrogens is 1. The average molecular weight is 469 g/mol. The number of piperidine rings is 1. The SMILES string of the molecule is CNCC1CCN(C(=O)CCc2ncc(-c3ccc(Cl)cc3Cl)o2)CC1.Cl.Cl. The normalized spacial score (nSPS) is 14.3. The van der Waals surface area contributed by atoms with Crippen molar-refractivity contribution in [2.75, 3.05) is 26.7 Å². The highest BCUT2D eigenvalue weighted by Crippen LogP contribution is 2.31. The molecule has 3 rings (SSSR count). The van der Waals surface area contributed by atoms with Crippen LogP contribution in [0.15, 0.2) is 28.8 Å². The second-order valence-electron chi connectivity index (χ2n) is 6.62. The van der Waals surface area contributed by atoms with Crippen molar-refractivity contribution >= 4 is 53.9 Å². The fraction of sp³-hybridized carbons (Fsp3) is 0.474. The standard InChI is InChI=1S/C19H23Cl2N3O2.2ClH/c1-22-11-13-6-8-24(9-7-13)19(25)5-4-18-23-12-17(26-18)15-3-2-14(20)10-16(15)21;;/h2-3,10,12-13,22H,4-9,11H2,1H3;2*1H. The van der Waals surface area contributed by atoms with E-state index in [4.69, 9.17) is 27.6 Å². The Bertz CT molecular complexity index is 761. The average Bonchev–Trinajstić information content (AvgIpc) is 3.09. The van der Waals surface area contributed by atoms with Gasteiger partial charge in [0.2, 0.25) is 5.91 Å². The molecule has 0 aliphatic carbocycles. The van der Waals surface area contributed by atoms with Crippen LogP contribution < -0.4 is 5.32 Å². The molecular weight excluding hydrogens is 444 g/mol. The summed E-state index contributed by atoms with van der Waals surface area (Å²) in [6.45, 7) is 2.69. The van der Waals surface area contributed by atoms with Crippen LogP contribution in [0.4, 0.5) is 0 Å². The van der Waals surface area contributed by atoms with Gasteiger partial charge in [0.25, 0.3) is 0 Å². The molecule has 1 aromatic heterocycles. The summed E-state index contributed by atoms with van der Waals surface area (Å²) in [6, 6.07) is 5.23. The maximum Gasteiger partial charge on any atom is 0.223 e. The molecule has 1 N–H and O–H groups in total. The van der Waals surface area contributed by atoms with E-state index in [1.165, 1.54) is 0 Å². The van der Waals surface area contributed by atoms with E-state index in [2.05, 4.69) is 10.3 Å². The van der Waals surface area contributed by atoms with E-state index in [1.807, 2.05) is 11.9 Å². The van der Waals surface area contributed by atoms with Crippen molar-refractivity contribution in [1.29, 1.82) is 0 Å². The molecule has 1 aromatic carbocycles. The molecule has 5 nitrogen and oxygen atoms in total. The van der Waals surface area contributed by atoms with Crippen LogP contribution in [0.2, 0.25) is 10.0 Å². The van der Waals surface area contributed by atoms with Crippen molar-refractivity contribution in [3.63, 3.8) is 0 Å². The minimum absolute atomic E-state index is 0. The third-order valence-corrected chi connectivity index (χ3v) is 5.31. The van der Waals surface area contributed by atoms with Crippen LogP contribution >= 0.6 is 48.0 Å². The largest absolute Gasteiger partial charge is 0.441 e. The number of oxazole rings is 1. The molecule has 28 heavy (non-hydrogen) atoms. The van der Waals surface area contributed by atoms with Crippen molar-refractivity contribution in [1.82, 2.24) is 15.2 Å². The molecule has 1 aliphatic rings. The summed E-state index contributed by atoms with van der Waals surface area (Å²) in [7, 11) is 1.97. The van der Waals surface area contributed by atoms with E-state index in [0.717, 1.165) is 38.0 Å². The molecule has 1 fully saturated rings. The van der Waals surface area contributed by atoms with Gasteiger partial charge >= 0.3 is 0 Å². The quantitative estimate of drug-likeness (QED) is 0.656. The maximum absolute atomic E-state index is 12.4. The van der Waals surface area contributed by atoms with Crippen molar-refractivity contribution in [2.24, 2.45) is 5.92 Å². The molecule has 0 radical (unpaired) electrons. The van der Waals surface area contributed by atoms with Crippen LogP contribution in [0.25, 0.3) is 11.3 Å². The molecule has 1 aliphatic heterocycles. The monoisotopic (exact) mass is 467 g/mol. The number of nitrogens with one attached hydrogen (secondary N) is 1. The van der Waals surface area contributed by atoms with Crippen LogP contribution in [0, 0.1) is 5.92 Å². The van der Waals surface area contributed by atoms with Crippen LogP contribution in [-0.4, -0.2) is 42.5 Å². The number of benzene rings is 1. The fourth-order valence-electron chi connectivity index (χ4n) is 3.29. The molecule has 0 saturated carbocycles. The lowest BCUT2D eigenvalue weighted by atomic mass is 9.96. The first kappa shape index (κ1) is 25.1. The number of hydrogen-bond acceptors (Lipinski definition) is 4. The Balaban J connectivity index is 0.00000196. The zero-order valence-corrected chi connectivity index (χ0v) is 18.8. The van der Waals surface area contributed by atoms with Gasteiger partial charge in [-0.25, -0.2) is 4.98 Å². The lowest BCUT2D eigenvalue weighted by Gasteiger charge is -2.32. The molecule has 1 amide bonds. The molecule has 0 bridgehead atoms. The van der Waals surface area contributed by atoms with Gasteiger partial charge in [0.05, 0.1) is 11.2 Å². The Labute approximate surface area is 188 Å². The Morgan fingerprint density at radius 2 is 2.00 bits per heavy atom. The number of carbonyl (C=O) groups is 1. The Kier molecular flexibility index (Phi) is 10.6. The van der Waals surface area contributed by atoms with Crippen LogP contribution in [0.5, 0.6) is 0 Å². The van der Waals surface area contributed by atoms with Gasteiger partial charge in [0.1, 0.15) is 0 Å². The smallest absolute Gasteiger partial charge is 0.223 e. The second-order valence-corrected chi connectivity index (χ2v) is 7.47. The summed E-state index contributed by atoms with van der Waals surface area (Å²) in [5.41, 5.74) is 0.743. The number of rotatable bonds is 6. The number of carbonyl (C=O) groups excluding carboxylic acids is 1. The summed E-state index contributed by atoms with van der Waals surface area (Å²) in [6.07, 6.45) is 4.65. The summed E-state index contributed by atoms with van der Waals surface area (Å²) < 4.78 is 5.76. The molecule has 1 saturated heterocycles. The number of nitrogens with zero attached hydrogens (tertiary/aromatic N) is 2. The summed E-state index contributed by atoms with van der Waals surface area (Å²) in [4.78, 5) is 18.6. The highest BCUT2D eigenvalue weighted by atomic mass is 35.5. The predicted molar refractivity (Wildman–Crippen MR) is 118 cm³/mol. The number of aryl methyl sites for hydroxylation is 1. The zero-order chi connectivity index (χ0) is 18.5. The van der Waals surface area contributed by atoms with Gasteiger partial charge in [-0.3, -0.25) is 4.79 Å². The first-order chi connectivity index (χ1) is 12.6. The summed E-state index contributed by atoms with van der Waals surface area (Å²) in [5, 5.41) is 4.30. The molecular formula is C19H25Cl4N3O2. The highest BCUT2D eigenvalue weighted by molar-refractivity contribution is 6.36. The topological polar surface area (TPSA) is 58.4 Å². The minimum atomic E-state index is 0. The number of amides is 1. The lowest BCUT2D eigenvalue weighted by Crippen LogP contribution is -2.40.